The second kappa shape index (κ2) is 10.2. The van der Waals surface area contributed by atoms with Crippen LogP contribution in [0.25, 0.3) is 12.2 Å². The van der Waals surface area contributed by atoms with Crippen LogP contribution in [0.15, 0.2) is 42.5 Å². The minimum absolute atomic E-state index is 0.664. The van der Waals surface area contributed by atoms with Gasteiger partial charge in [0.2, 0.25) is 0 Å². The molecule has 3 unspecified atom stereocenters. The molecule has 0 bridgehead atoms. The summed E-state index contributed by atoms with van der Waals surface area (Å²) >= 11 is -2.11. The molecule has 0 saturated carbocycles. The summed E-state index contributed by atoms with van der Waals surface area (Å²) in [5.41, 5.74) is 10.8. The van der Waals surface area contributed by atoms with E-state index >= 15 is 0 Å². The fourth-order valence-electron chi connectivity index (χ4n) is 7.80. The first-order valence-corrected chi connectivity index (χ1v) is 23.9. The second-order valence-electron chi connectivity index (χ2n) is 13.3. The molecule has 0 fully saturated rings. The summed E-state index contributed by atoms with van der Waals surface area (Å²) in [6.45, 7) is 25.3. The van der Waals surface area contributed by atoms with Crippen molar-refractivity contribution in [2.24, 2.45) is 0 Å². The first kappa shape index (κ1) is 27.3. The van der Waals surface area contributed by atoms with Crippen molar-refractivity contribution in [1.29, 1.82) is 0 Å². The zero-order chi connectivity index (χ0) is 25.7. The van der Waals surface area contributed by atoms with Crippen molar-refractivity contribution < 1.29 is 21.4 Å². The van der Waals surface area contributed by atoms with E-state index in [1.807, 2.05) is 0 Å². The van der Waals surface area contributed by atoms with E-state index in [9.17, 15) is 0 Å². The molecule has 0 N–H and O–H groups in total. The van der Waals surface area contributed by atoms with E-state index < -0.39 is 37.6 Å². The van der Waals surface area contributed by atoms with Crippen LogP contribution in [0.1, 0.15) is 66.1 Å². The third-order valence-corrected chi connectivity index (χ3v) is 25.0. The van der Waals surface area contributed by atoms with Crippen LogP contribution in [0, 0.1) is 25.9 Å². The van der Waals surface area contributed by atoms with Crippen LogP contribution >= 0.6 is 0 Å². The van der Waals surface area contributed by atoms with E-state index in [2.05, 4.69) is 127 Å². The summed E-state index contributed by atoms with van der Waals surface area (Å²) in [5.74, 6) is 0. The molecule has 2 aromatic carbocycles. The number of aryl methyl sites for hydroxylation is 3. The summed E-state index contributed by atoms with van der Waals surface area (Å²) in [4.78, 5) is 0. The SMILES string of the molecule is CCC[CH]([C]([Si](C)(C)C)[Si](C)(C)C)[Sc]([CH]1C=Cc2c(C)cccc21)[CH]1C=Cc2c(C)ccc(C)c21. The van der Waals surface area contributed by atoms with Gasteiger partial charge in [-0.25, -0.2) is 0 Å². The van der Waals surface area contributed by atoms with Gasteiger partial charge < -0.3 is 0 Å². The van der Waals surface area contributed by atoms with Crippen molar-refractivity contribution in [2.45, 2.75) is 90.8 Å². The molecule has 3 atom stereocenters. The van der Waals surface area contributed by atoms with E-state index in [1.54, 1.807) is 11.1 Å². The van der Waals surface area contributed by atoms with Crippen molar-refractivity contribution in [3.05, 3.63) is 86.6 Å². The van der Waals surface area contributed by atoms with Gasteiger partial charge in [-0.05, 0) is 0 Å². The van der Waals surface area contributed by atoms with Crippen molar-refractivity contribution in [3.8, 4) is 0 Å². The summed E-state index contributed by atoms with van der Waals surface area (Å²) in [6, 6.07) is 11.8. The Bertz CT molecular complexity index is 1130. The van der Waals surface area contributed by atoms with E-state index in [0.29, 0.717) is 7.35 Å². The van der Waals surface area contributed by atoms with Gasteiger partial charge in [0, 0.05) is 0 Å². The third kappa shape index (κ3) is 5.16. The molecule has 0 aliphatic heterocycles. The van der Waals surface area contributed by atoms with E-state index in [-0.39, 0.29) is 0 Å². The van der Waals surface area contributed by atoms with Gasteiger partial charge in [-0.1, -0.05) is 0 Å². The van der Waals surface area contributed by atoms with Gasteiger partial charge in [0.05, 0.1) is 0 Å². The third-order valence-electron chi connectivity index (χ3n) is 8.59. The van der Waals surface area contributed by atoms with Crippen LogP contribution < -0.4 is 0 Å². The predicted octanol–water partition coefficient (Wildman–Crippen LogP) is 9.98. The van der Waals surface area contributed by atoms with Crippen LogP contribution in [-0.4, -0.2) is 16.1 Å². The Morgan fingerprint density at radius 2 is 1.34 bits per heavy atom. The summed E-state index contributed by atoms with van der Waals surface area (Å²) < 4.78 is 2.18. The average molecular weight is 532 g/mol. The predicted molar refractivity (Wildman–Crippen MR) is 159 cm³/mol. The molecule has 4 rings (SSSR count). The molecule has 0 heterocycles. The Balaban J connectivity index is 1.95. The molecule has 2 aliphatic carbocycles. The normalized spacial score (nSPS) is 19.9. The number of hydrogen-bond acceptors (Lipinski definition) is 0. The van der Waals surface area contributed by atoms with Crippen LogP contribution in [0.4, 0.5) is 0 Å². The molecule has 2 aromatic rings. The number of rotatable bonds is 8. The zero-order valence-corrected chi connectivity index (χ0v) is 27.7. The standard InChI is InChI=1S/C11H26Si2.C11H11.C10H9.Sc/c1-8-9-10-11(12(2,3)4)13(5,6)7;1-8-6-7-9(2)11-5-3-4-10(8)11;1-8-4-2-5-9-6-3-7-10(8)9;/h10H,8-9H2,1-7H3;3-7H,1-2H3;2-7H,1H3;. The molecule has 0 saturated heterocycles. The van der Waals surface area contributed by atoms with Crippen molar-refractivity contribution in [2.75, 3.05) is 0 Å². The topological polar surface area (TPSA) is 0 Å². The van der Waals surface area contributed by atoms with Crippen molar-refractivity contribution in [3.63, 3.8) is 0 Å². The molecule has 3 heteroatoms. The first-order chi connectivity index (χ1) is 16.4. The molecule has 0 amide bonds. The second-order valence-corrected chi connectivity index (χ2v) is 29.1. The fourth-order valence-corrected chi connectivity index (χ4v) is 33.1. The Kier molecular flexibility index (Phi) is 7.93. The molecule has 1 radical (unpaired) electrons. The number of hydrogen-bond donors (Lipinski definition) is 0. The molecule has 0 spiro atoms. The monoisotopic (exact) mass is 531 g/mol. The molecule has 35 heavy (non-hydrogen) atoms. The summed E-state index contributed by atoms with van der Waals surface area (Å²) in [5, 5.41) is 2.10. The Morgan fingerprint density at radius 1 is 0.771 bits per heavy atom. The fraction of sp³-hybridized carbons (Fsp3) is 0.469. The maximum absolute atomic E-state index is 2.67. The quantitative estimate of drug-likeness (QED) is 0.297. The molecular formula is C32H46ScSi2. The van der Waals surface area contributed by atoms with Crippen LogP contribution in [0.5, 0.6) is 0 Å². The molecule has 185 valence electrons. The van der Waals surface area contributed by atoms with Crippen molar-refractivity contribution >= 4 is 28.3 Å². The minimum atomic E-state index is -2.11. The molecule has 0 aromatic heterocycles. The van der Waals surface area contributed by atoms with E-state index in [0.717, 1.165) is 3.67 Å². The van der Waals surface area contributed by atoms with Gasteiger partial charge in [0.1, 0.15) is 0 Å². The van der Waals surface area contributed by atoms with Gasteiger partial charge >= 0.3 is 227 Å². The first-order valence-electron chi connectivity index (χ1n) is 13.8. The van der Waals surface area contributed by atoms with Crippen LogP contribution in [0.2, 0.25) is 43.0 Å². The van der Waals surface area contributed by atoms with Gasteiger partial charge in [0.15, 0.2) is 0 Å². The number of allylic oxidation sites excluding steroid dienone is 2. The van der Waals surface area contributed by atoms with E-state index in [4.69, 9.17) is 0 Å². The van der Waals surface area contributed by atoms with Gasteiger partial charge in [-0.2, -0.15) is 0 Å². The Labute approximate surface area is 225 Å². The zero-order valence-electron chi connectivity index (χ0n) is 23.9. The summed E-state index contributed by atoms with van der Waals surface area (Å²) in [6.07, 6.45) is 13.0. The maximum atomic E-state index is 2.67. The Morgan fingerprint density at radius 3 is 1.97 bits per heavy atom. The molecular weight excluding hydrogens is 485 g/mol. The molecule has 2 aliphatic rings. The van der Waals surface area contributed by atoms with Crippen LogP contribution in [0.3, 0.4) is 0 Å². The van der Waals surface area contributed by atoms with Crippen LogP contribution in [-0.2, 0) is 21.4 Å². The average Bonchev–Trinajstić information content (AvgIpc) is 3.36. The van der Waals surface area contributed by atoms with Gasteiger partial charge in [-0.3, -0.25) is 0 Å². The number of benzene rings is 2. The number of fused-ring (bicyclic) bond motifs is 2. The molecule has 0 nitrogen and oxygen atoms in total. The summed E-state index contributed by atoms with van der Waals surface area (Å²) in [7, 11) is -2.86. The van der Waals surface area contributed by atoms with Crippen molar-refractivity contribution in [1.82, 2.24) is 0 Å². The van der Waals surface area contributed by atoms with Gasteiger partial charge in [-0.15, -0.1) is 0 Å². The Hall–Kier alpha value is -0.776. The van der Waals surface area contributed by atoms with Gasteiger partial charge in [0.25, 0.3) is 0 Å². The van der Waals surface area contributed by atoms with E-state index in [1.165, 1.54) is 40.7 Å².